The second-order valence-electron chi connectivity index (χ2n) is 3.93. The predicted octanol–water partition coefficient (Wildman–Crippen LogP) is 3.20. The Morgan fingerprint density at radius 3 is 2.88 bits per heavy atom. The summed E-state index contributed by atoms with van der Waals surface area (Å²) in [4.78, 5) is 13.6. The van der Waals surface area contributed by atoms with Crippen molar-refractivity contribution in [2.24, 2.45) is 0 Å². The van der Waals surface area contributed by atoms with Crippen molar-refractivity contribution < 1.29 is 4.79 Å². The molecule has 0 saturated carbocycles. The second kappa shape index (κ2) is 4.92. The van der Waals surface area contributed by atoms with Crippen LogP contribution < -0.4 is 4.90 Å². The van der Waals surface area contributed by atoms with Crippen molar-refractivity contribution in [3.05, 3.63) is 27.3 Å². The number of hydrogen-bond acceptors (Lipinski definition) is 1. The van der Waals surface area contributed by atoms with Gasteiger partial charge in [-0.15, -0.1) is 11.6 Å². The summed E-state index contributed by atoms with van der Waals surface area (Å²) in [6.45, 7) is 2.74. The maximum absolute atomic E-state index is 11.8. The SMILES string of the molecule is CCc1cc(I)ccc1N1CC(Cl)CC1=O. The van der Waals surface area contributed by atoms with Crippen molar-refractivity contribution in [3.8, 4) is 0 Å². The smallest absolute Gasteiger partial charge is 0.228 e. The third-order valence-electron chi connectivity index (χ3n) is 2.79. The Bertz CT molecular complexity index is 421. The highest BCUT2D eigenvalue weighted by molar-refractivity contribution is 14.1. The lowest BCUT2D eigenvalue weighted by Gasteiger charge is -2.19. The van der Waals surface area contributed by atoms with Gasteiger partial charge in [-0.05, 0) is 52.8 Å². The number of alkyl halides is 1. The highest BCUT2D eigenvalue weighted by Gasteiger charge is 2.30. The van der Waals surface area contributed by atoms with Gasteiger partial charge in [-0.25, -0.2) is 0 Å². The quantitative estimate of drug-likeness (QED) is 0.593. The molecule has 0 radical (unpaired) electrons. The summed E-state index contributed by atoms with van der Waals surface area (Å²) >= 11 is 8.30. The Morgan fingerprint density at radius 1 is 1.56 bits per heavy atom. The van der Waals surface area contributed by atoms with Crippen LogP contribution in [0.2, 0.25) is 0 Å². The van der Waals surface area contributed by atoms with Gasteiger partial charge in [-0.2, -0.15) is 0 Å². The first-order valence-corrected chi connectivity index (χ1v) is 6.86. The first kappa shape index (κ1) is 12.2. The van der Waals surface area contributed by atoms with Crippen LogP contribution in [-0.2, 0) is 11.2 Å². The van der Waals surface area contributed by atoms with Gasteiger partial charge in [0, 0.05) is 22.2 Å². The van der Waals surface area contributed by atoms with Crippen LogP contribution >= 0.6 is 34.2 Å². The number of benzene rings is 1. The Morgan fingerprint density at radius 2 is 2.31 bits per heavy atom. The molecule has 0 bridgehead atoms. The van der Waals surface area contributed by atoms with E-state index in [2.05, 4.69) is 35.6 Å². The van der Waals surface area contributed by atoms with Gasteiger partial charge in [-0.3, -0.25) is 4.79 Å². The fourth-order valence-electron chi connectivity index (χ4n) is 2.00. The zero-order valence-electron chi connectivity index (χ0n) is 9.04. The minimum Gasteiger partial charge on any atom is -0.311 e. The maximum atomic E-state index is 11.8. The molecule has 1 heterocycles. The summed E-state index contributed by atoms with van der Waals surface area (Å²) in [6.07, 6.45) is 1.39. The van der Waals surface area contributed by atoms with Gasteiger partial charge < -0.3 is 4.90 Å². The van der Waals surface area contributed by atoms with Crippen LogP contribution in [0.1, 0.15) is 18.9 Å². The Labute approximate surface area is 114 Å². The summed E-state index contributed by atoms with van der Waals surface area (Å²) in [5.41, 5.74) is 2.24. The lowest BCUT2D eigenvalue weighted by molar-refractivity contribution is -0.117. The molecule has 1 aromatic rings. The van der Waals surface area contributed by atoms with Gasteiger partial charge in [-0.1, -0.05) is 6.92 Å². The number of anilines is 1. The zero-order valence-corrected chi connectivity index (χ0v) is 12.0. The molecule has 86 valence electrons. The minimum absolute atomic E-state index is 0.0449. The standard InChI is InChI=1S/C12H13ClINO/c1-2-8-5-10(14)3-4-11(8)15-7-9(13)6-12(15)16/h3-5,9H,2,6-7H2,1H3. The zero-order chi connectivity index (χ0) is 11.7. The van der Waals surface area contributed by atoms with Crippen LogP contribution in [0.5, 0.6) is 0 Å². The number of hydrogen-bond donors (Lipinski definition) is 0. The highest BCUT2D eigenvalue weighted by atomic mass is 127. The summed E-state index contributed by atoms with van der Waals surface area (Å²) in [7, 11) is 0. The van der Waals surface area contributed by atoms with Crippen LogP contribution in [-0.4, -0.2) is 17.8 Å². The summed E-state index contributed by atoms with van der Waals surface area (Å²) in [5, 5.41) is -0.0449. The molecule has 1 aliphatic rings. The lowest BCUT2D eigenvalue weighted by Crippen LogP contribution is -2.25. The van der Waals surface area contributed by atoms with Crippen LogP contribution in [0.4, 0.5) is 5.69 Å². The number of carbonyl (C=O) groups is 1. The Balaban J connectivity index is 2.36. The molecule has 0 aromatic heterocycles. The molecule has 1 unspecified atom stereocenters. The summed E-state index contributed by atoms with van der Waals surface area (Å²) in [6, 6.07) is 6.18. The van der Waals surface area contributed by atoms with Crippen molar-refractivity contribution in [1.82, 2.24) is 0 Å². The van der Waals surface area contributed by atoms with Gasteiger partial charge >= 0.3 is 0 Å². The van der Waals surface area contributed by atoms with E-state index in [1.165, 1.54) is 9.13 Å². The van der Waals surface area contributed by atoms with E-state index in [1.807, 2.05) is 17.0 Å². The van der Waals surface area contributed by atoms with Crippen molar-refractivity contribution in [3.63, 3.8) is 0 Å². The normalized spacial score (nSPS) is 20.6. The van der Waals surface area contributed by atoms with Crippen molar-refractivity contribution >= 4 is 45.8 Å². The molecule has 1 saturated heterocycles. The molecule has 0 N–H and O–H groups in total. The van der Waals surface area contributed by atoms with Gasteiger partial charge in [0.1, 0.15) is 0 Å². The molecule has 16 heavy (non-hydrogen) atoms. The van der Waals surface area contributed by atoms with Crippen molar-refractivity contribution in [2.75, 3.05) is 11.4 Å². The van der Waals surface area contributed by atoms with Crippen molar-refractivity contribution in [1.29, 1.82) is 0 Å². The van der Waals surface area contributed by atoms with E-state index in [0.717, 1.165) is 12.1 Å². The van der Waals surface area contributed by atoms with E-state index in [-0.39, 0.29) is 11.3 Å². The van der Waals surface area contributed by atoms with Crippen molar-refractivity contribution in [2.45, 2.75) is 25.1 Å². The molecule has 1 aromatic carbocycles. The number of nitrogens with zero attached hydrogens (tertiary/aromatic N) is 1. The van der Waals surface area contributed by atoms with Crippen LogP contribution in [0.3, 0.4) is 0 Å². The topological polar surface area (TPSA) is 20.3 Å². The third-order valence-corrected chi connectivity index (χ3v) is 3.75. The minimum atomic E-state index is -0.0449. The molecule has 1 amide bonds. The van der Waals surface area contributed by atoms with E-state index >= 15 is 0 Å². The monoisotopic (exact) mass is 349 g/mol. The molecule has 1 aliphatic heterocycles. The molecule has 4 heteroatoms. The summed E-state index contributed by atoms with van der Waals surface area (Å²) in [5.74, 6) is 0.135. The number of carbonyl (C=O) groups excluding carboxylic acids is 1. The van der Waals surface area contributed by atoms with E-state index < -0.39 is 0 Å². The largest absolute Gasteiger partial charge is 0.311 e. The van der Waals surface area contributed by atoms with Gasteiger partial charge in [0.25, 0.3) is 0 Å². The van der Waals surface area contributed by atoms with E-state index in [0.29, 0.717) is 13.0 Å². The van der Waals surface area contributed by atoms with E-state index in [1.54, 1.807) is 0 Å². The molecule has 2 rings (SSSR count). The lowest BCUT2D eigenvalue weighted by atomic mass is 10.1. The molecule has 1 atom stereocenters. The van der Waals surface area contributed by atoms with Crippen LogP contribution in [0.25, 0.3) is 0 Å². The molecule has 0 aliphatic carbocycles. The van der Waals surface area contributed by atoms with Gasteiger partial charge in [0.05, 0.1) is 5.38 Å². The maximum Gasteiger partial charge on any atom is 0.228 e. The predicted molar refractivity (Wildman–Crippen MR) is 75.1 cm³/mol. The van der Waals surface area contributed by atoms with E-state index in [9.17, 15) is 4.79 Å². The van der Waals surface area contributed by atoms with Gasteiger partial charge in [0.15, 0.2) is 0 Å². The Hall–Kier alpha value is -0.290. The average molecular weight is 350 g/mol. The number of amides is 1. The molecule has 0 spiro atoms. The van der Waals surface area contributed by atoms with Crippen LogP contribution in [0, 0.1) is 3.57 Å². The molecular weight excluding hydrogens is 336 g/mol. The summed E-state index contributed by atoms with van der Waals surface area (Å²) < 4.78 is 1.20. The first-order valence-electron chi connectivity index (χ1n) is 5.34. The average Bonchev–Trinajstić information content (AvgIpc) is 2.57. The van der Waals surface area contributed by atoms with Gasteiger partial charge in [0.2, 0.25) is 5.91 Å². The fourth-order valence-corrected chi connectivity index (χ4v) is 2.82. The molecular formula is C12H13ClINO. The number of aryl methyl sites for hydroxylation is 1. The Kier molecular flexibility index (Phi) is 3.74. The molecule has 2 nitrogen and oxygen atoms in total. The third kappa shape index (κ3) is 2.35. The second-order valence-corrected chi connectivity index (χ2v) is 5.80. The fraction of sp³-hybridized carbons (Fsp3) is 0.417. The number of rotatable bonds is 2. The highest BCUT2D eigenvalue weighted by Crippen LogP contribution is 2.29. The number of halogens is 2. The first-order chi connectivity index (χ1) is 7.61. The molecule has 1 fully saturated rings. The van der Waals surface area contributed by atoms with Crippen LogP contribution in [0.15, 0.2) is 18.2 Å². The van der Waals surface area contributed by atoms with E-state index in [4.69, 9.17) is 11.6 Å².